The summed E-state index contributed by atoms with van der Waals surface area (Å²) >= 11 is 1.01. The molecule has 0 bridgehead atoms. The highest BCUT2D eigenvalue weighted by Crippen LogP contribution is 2.43. The number of hydrogen-bond acceptors (Lipinski definition) is 8. The number of halogens is 3. The first-order valence-corrected chi connectivity index (χ1v) is 12.8. The lowest BCUT2D eigenvalue weighted by molar-refractivity contribution is -0.274. The number of fused-ring (bicyclic) bond motifs is 1. The van der Waals surface area contributed by atoms with Gasteiger partial charge < -0.3 is 20.5 Å². The molecule has 0 saturated carbocycles. The largest absolute Gasteiger partial charge is 0.573 e. The van der Waals surface area contributed by atoms with E-state index in [2.05, 4.69) is 20.0 Å². The molecule has 1 fully saturated rings. The molecule has 200 valence electrons. The van der Waals surface area contributed by atoms with E-state index in [9.17, 15) is 18.0 Å². The Morgan fingerprint density at radius 1 is 1.26 bits per heavy atom. The number of hydrogen-bond donors (Lipinski definition) is 2. The van der Waals surface area contributed by atoms with Crippen molar-refractivity contribution in [3.05, 3.63) is 47.1 Å². The molecule has 0 radical (unpaired) electrons. The van der Waals surface area contributed by atoms with Crippen molar-refractivity contribution < 1.29 is 27.4 Å². The topological polar surface area (TPSA) is 117 Å². The molecule has 1 saturated heterocycles. The fraction of sp³-hybridized carbons (Fsp3) is 0.360. The molecule has 4 heterocycles. The van der Waals surface area contributed by atoms with Crippen LogP contribution in [0, 0.1) is 0 Å². The molecule has 0 spiro atoms. The first-order valence-electron chi connectivity index (χ1n) is 12.0. The molecule has 4 aromatic rings. The van der Waals surface area contributed by atoms with Gasteiger partial charge in [0.1, 0.15) is 16.4 Å². The van der Waals surface area contributed by atoms with Crippen molar-refractivity contribution in [2.45, 2.75) is 45.0 Å². The Morgan fingerprint density at radius 3 is 2.68 bits per heavy atom. The Balaban J connectivity index is 1.58. The number of nitrogens with zero attached hydrogens (tertiary/aromatic N) is 4. The van der Waals surface area contributed by atoms with E-state index >= 15 is 0 Å². The Kier molecular flexibility index (Phi) is 6.97. The molecule has 0 unspecified atom stereocenters. The lowest BCUT2D eigenvalue weighted by Crippen LogP contribution is -2.18. The van der Waals surface area contributed by atoms with Gasteiger partial charge in [-0.25, -0.2) is 14.6 Å². The summed E-state index contributed by atoms with van der Waals surface area (Å²) in [5.41, 5.74) is 7.02. The summed E-state index contributed by atoms with van der Waals surface area (Å²) in [6, 6.07) is 7.56. The summed E-state index contributed by atoms with van der Waals surface area (Å²) in [7, 11) is 0. The van der Waals surface area contributed by atoms with Crippen molar-refractivity contribution in [2.75, 3.05) is 18.5 Å². The third-order valence-corrected chi connectivity index (χ3v) is 7.29. The summed E-state index contributed by atoms with van der Waals surface area (Å²) in [5, 5.41) is 7.99. The zero-order chi connectivity index (χ0) is 27.0. The molecule has 9 nitrogen and oxygen atoms in total. The zero-order valence-corrected chi connectivity index (χ0v) is 21.4. The maximum Gasteiger partial charge on any atom is 0.573 e. The highest BCUT2D eigenvalue weighted by molar-refractivity contribution is 7.21. The molecule has 1 aliphatic heterocycles. The van der Waals surface area contributed by atoms with Gasteiger partial charge in [-0.15, -0.1) is 24.5 Å². The minimum atomic E-state index is -4.92. The first kappa shape index (κ1) is 25.9. The van der Waals surface area contributed by atoms with Crippen LogP contribution in [0.3, 0.4) is 0 Å². The Hall–Kier alpha value is -3.71. The fourth-order valence-electron chi connectivity index (χ4n) is 4.47. The number of anilines is 2. The van der Waals surface area contributed by atoms with Crippen molar-refractivity contribution in [3.8, 4) is 16.9 Å². The number of amides is 1. The number of thiophene rings is 1. The molecule has 0 aliphatic carbocycles. The minimum Gasteiger partial charge on any atom is -0.405 e. The van der Waals surface area contributed by atoms with Crippen molar-refractivity contribution >= 4 is 39.2 Å². The van der Waals surface area contributed by atoms with Gasteiger partial charge in [0.2, 0.25) is 5.95 Å². The van der Waals surface area contributed by atoms with Gasteiger partial charge in [0.15, 0.2) is 0 Å². The van der Waals surface area contributed by atoms with Crippen LogP contribution in [-0.4, -0.2) is 45.2 Å². The van der Waals surface area contributed by atoms with Crippen LogP contribution >= 0.6 is 11.3 Å². The lowest BCUT2D eigenvalue weighted by atomic mass is 9.97. The summed E-state index contributed by atoms with van der Waals surface area (Å²) < 4.78 is 51.4. The van der Waals surface area contributed by atoms with Gasteiger partial charge in [-0.05, 0) is 32.8 Å². The number of carbonyl (C=O) groups is 1. The Bertz CT molecular complexity index is 1480. The molecule has 5 rings (SSSR count). The second kappa shape index (κ2) is 10.2. The zero-order valence-electron chi connectivity index (χ0n) is 20.6. The average molecular weight is 547 g/mol. The van der Waals surface area contributed by atoms with E-state index in [0.717, 1.165) is 29.9 Å². The number of para-hydroxylation sites is 1. The molecule has 3 aromatic heterocycles. The smallest absolute Gasteiger partial charge is 0.405 e. The van der Waals surface area contributed by atoms with Crippen LogP contribution in [0.15, 0.2) is 36.5 Å². The highest BCUT2D eigenvalue weighted by atomic mass is 32.1. The van der Waals surface area contributed by atoms with Crippen molar-refractivity contribution in [1.82, 2.24) is 19.7 Å². The number of ether oxygens (including phenoxy) is 2. The van der Waals surface area contributed by atoms with Crippen LogP contribution in [0.25, 0.3) is 21.3 Å². The van der Waals surface area contributed by atoms with Gasteiger partial charge in [-0.3, -0.25) is 4.79 Å². The molecular formula is C25H25F3N6O3S. The van der Waals surface area contributed by atoms with Gasteiger partial charge in [0.05, 0.1) is 22.1 Å². The van der Waals surface area contributed by atoms with Crippen LogP contribution in [0.1, 0.15) is 54.0 Å². The van der Waals surface area contributed by atoms with Gasteiger partial charge >= 0.3 is 6.36 Å². The Morgan fingerprint density at radius 2 is 2.00 bits per heavy atom. The van der Waals surface area contributed by atoms with Crippen LogP contribution in [0.4, 0.5) is 24.9 Å². The average Bonchev–Trinajstić information content (AvgIpc) is 3.46. The number of alkyl halides is 3. The SMILES string of the molecule is CC(C)n1nc(C2CCOCC2)cc1Nc1ncc2sc(C(N)=O)c(-c3ccccc3OC(F)(F)F)c2n1. The van der Waals surface area contributed by atoms with Gasteiger partial charge in [0.25, 0.3) is 5.91 Å². The van der Waals surface area contributed by atoms with E-state index in [4.69, 9.17) is 15.6 Å². The number of aromatic nitrogens is 4. The van der Waals surface area contributed by atoms with Crippen LogP contribution in [-0.2, 0) is 4.74 Å². The van der Waals surface area contributed by atoms with Crippen molar-refractivity contribution in [1.29, 1.82) is 0 Å². The van der Waals surface area contributed by atoms with Crippen LogP contribution in [0.2, 0.25) is 0 Å². The first-order chi connectivity index (χ1) is 18.1. The van der Waals surface area contributed by atoms with Gasteiger partial charge in [-0.2, -0.15) is 5.10 Å². The van der Waals surface area contributed by atoms with E-state index in [1.165, 1.54) is 24.4 Å². The maximum atomic E-state index is 13.1. The second-order valence-electron chi connectivity index (χ2n) is 9.13. The molecule has 1 aliphatic rings. The van der Waals surface area contributed by atoms with Crippen molar-refractivity contribution in [2.24, 2.45) is 5.73 Å². The molecule has 13 heteroatoms. The number of rotatable bonds is 7. The summed E-state index contributed by atoms with van der Waals surface area (Å²) in [6.07, 6.45) is -1.66. The quantitative estimate of drug-likeness (QED) is 0.302. The second-order valence-corrected chi connectivity index (χ2v) is 10.2. The normalized spacial score (nSPS) is 14.8. The predicted octanol–water partition coefficient (Wildman–Crippen LogP) is 5.77. The van der Waals surface area contributed by atoms with Gasteiger partial charge in [-0.1, -0.05) is 18.2 Å². The third kappa shape index (κ3) is 5.29. The lowest BCUT2D eigenvalue weighted by Gasteiger charge is -2.20. The number of nitrogens with one attached hydrogen (secondary N) is 1. The van der Waals surface area contributed by atoms with Crippen LogP contribution in [0.5, 0.6) is 5.75 Å². The third-order valence-electron chi connectivity index (χ3n) is 6.16. The van der Waals surface area contributed by atoms with Crippen LogP contribution < -0.4 is 15.8 Å². The highest BCUT2D eigenvalue weighted by Gasteiger charge is 2.33. The van der Waals surface area contributed by atoms with Gasteiger partial charge in [0, 0.05) is 42.4 Å². The van der Waals surface area contributed by atoms with E-state index in [1.54, 1.807) is 6.07 Å². The summed E-state index contributed by atoms with van der Waals surface area (Å²) in [5.74, 6) is -0.109. The molecular weight excluding hydrogens is 521 g/mol. The van der Waals surface area contributed by atoms with E-state index in [0.29, 0.717) is 23.7 Å². The minimum absolute atomic E-state index is 0.0411. The molecule has 3 N–H and O–H groups in total. The Labute approximate surface area is 219 Å². The number of carbonyl (C=O) groups excluding carboxylic acids is 1. The molecule has 1 aromatic carbocycles. The van der Waals surface area contributed by atoms with E-state index in [-0.39, 0.29) is 39.4 Å². The monoisotopic (exact) mass is 546 g/mol. The number of benzene rings is 1. The van der Waals surface area contributed by atoms with Crippen molar-refractivity contribution in [3.63, 3.8) is 0 Å². The molecule has 38 heavy (non-hydrogen) atoms. The summed E-state index contributed by atoms with van der Waals surface area (Å²) in [6.45, 7) is 5.38. The maximum absolute atomic E-state index is 13.1. The molecule has 0 atom stereocenters. The summed E-state index contributed by atoms with van der Waals surface area (Å²) in [4.78, 5) is 21.3. The number of primary amides is 1. The fourth-order valence-corrected chi connectivity index (χ4v) is 5.45. The van der Waals surface area contributed by atoms with E-state index in [1.807, 2.05) is 24.6 Å². The molecule has 1 amide bonds. The van der Waals surface area contributed by atoms with E-state index < -0.39 is 18.0 Å². The predicted molar refractivity (Wildman–Crippen MR) is 137 cm³/mol. The standard InChI is InChI=1S/C25H25F3N6O3S/c1-13(2)34-19(11-16(33-34)14-7-9-36-10-8-14)31-24-30-12-18-21(32-24)20(22(38-18)23(29)35)15-5-3-4-6-17(15)37-25(26,27)28/h3-6,11-14H,7-10H2,1-2H3,(H2,29,35)(H,30,31,32). The number of nitrogens with two attached hydrogens (primary N) is 1.